The van der Waals surface area contributed by atoms with Crippen LogP contribution < -0.4 is 9.64 Å². The van der Waals surface area contributed by atoms with Crippen molar-refractivity contribution in [3.8, 4) is 17.1 Å². The van der Waals surface area contributed by atoms with Gasteiger partial charge in [0.2, 0.25) is 0 Å². The van der Waals surface area contributed by atoms with Crippen LogP contribution in [0.1, 0.15) is 34.6 Å². The number of benzene rings is 2. The average molecular weight is 551 g/mol. The molecule has 11 heteroatoms. The summed E-state index contributed by atoms with van der Waals surface area (Å²) in [5.41, 5.74) is 1.81. The number of aryl methyl sites for hydroxylation is 1. The number of halogens is 1. The van der Waals surface area contributed by atoms with E-state index in [1.54, 1.807) is 30.2 Å². The summed E-state index contributed by atoms with van der Waals surface area (Å²) in [6.45, 7) is 10.9. The van der Waals surface area contributed by atoms with E-state index in [1.165, 1.54) is 7.11 Å². The summed E-state index contributed by atoms with van der Waals surface area (Å²) >= 11 is 0. The molecule has 0 bridgehead atoms. The monoisotopic (exact) mass is 550 g/mol. The smallest absolute Gasteiger partial charge is 0.410 e. The molecule has 0 N–H and O–H groups in total. The van der Waals surface area contributed by atoms with Gasteiger partial charge in [0.1, 0.15) is 11.1 Å². The second kappa shape index (κ2) is 10.5. The largest absolute Gasteiger partial charge is 0.464 e. The van der Waals surface area contributed by atoms with Gasteiger partial charge in [0, 0.05) is 56.1 Å². The van der Waals surface area contributed by atoms with Crippen molar-refractivity contribution in [2.45, 2.75) is 52.3 Å². The molecule has 0 radical (unpaired) electrons. The van der Waals surface area contributed by atoms with Crippen LogP contribution in [0.15, 0.2) is 36.7 Å². The fourth-order valence-electron chi connectivity index (χ4n) is 5.21. The van der Waals surface area contributed by atoms with Gasteiger partial charge < -0.3 is 19.1 Å². The molecule has 4 aromatic rings. The second-order valence-corrected chi connectivity index (χ2v) is 11.3. The Balaban J connectivity index is 1.43. The fraction of sp³-hybridized carbons (Fsp3) is 0.448. The third-order valence-corrected chi connectivity index (χ3v) is 6.82. The highest BCUT2D eigenvalue weighted by atomic mass is 19.1. The van der Waals surface area contributed by atoms with Gasteiger partial charge >= 0.3 is 6.09 Å². The predicted octanol–water partition coefficient (Wildman–Crippen LogP) is 5.14. The number of fused-ring (bicyclic) bond motifs is 2. The number of hydrogen-bond donors (Lipinski definition) is 0. The van der Waals surface area contributed by atoms with Crippen molar-refractivity contribution in [1.82, 2.24) is 24.6 Å². The van der Waals surface area contributed by atoms with Crippen LogP contribution in [0, 0.1) is 5.82 Å². The second-order valence-electron chi connectivity index (χ2n) is 11.3. The van der Waals surface area contributed by atoms with Gasteiger partial charge in [-0.25, -0.2) is 19.2 Å². The summed E-state index contributed by atoms with van der Waals surface area (Å²) in [5, 5.41) is 5.67. The zero-order valence-electron chi connectivity index (χ0n) is 23.9. The number of methoxy groups -OCH3 is 1. The Morgan fingerprint density at radius 2 is 1.85 bits per heavy atom. The van der Waals surface area contributed by atoms with Gasteiger partial charge in [-0.2, -0.15) is 5.10 Å². The number of nitrogens with zero attached hydrogens (tertiary/aromatic N) is 6. The third kappa shape index (κ3) is 5.38. The van der Waals surface area contributed by atoms with E-state index in [0.717, 1.165) is 11.1 Å². The van der Waals surface area contributed by atoms with Gasteiger partial charge in [0.25, 0.3) is 0 Å². The molecule has 10 nitrogen and oxygen atoms in total. The minimum absolute atomic E-state index is 0.00477. The topological polar surface area (TPSA) is 94.8 Å². The van der Waals surface area contributed by atoms with Crippen molar-refractivity contribution in [1.29, 1.82) is 0 Å². The van der Waals surface area contributed by atoms with Gasteiger partial charge in [0.05, 0.1) is 23.2 Å². The van der Waals surface area contributed by atoms with Crippen LogP contribution in [0.4, 0.5) is 14.9 Å². The van der Waals surface area contributed by atoms with Crippen LogP contribution in [0.2, 0.25) is 0 Å². The Morgan fingerprint density at radius 3 is 2.52 bits per heavy atom. The van der Waals surface area contributed by atoms with Crippen molar-refractivity contribution in [3.63, 3.8) is 0 Å². The molecule has 3 heterocycles. The maximum Gasteiger partial charge on any atom is 0.410 e. The molecule has 2 aromatic heterocycles. The van der Waals surface area contributed by atoms with Gasteiger partial charge in [-0.15, -0.1) is 0 Å². The van der Waals surface area contributed by atoms with E-state index < -0.39 is 11.4 Å². The molecule has 5 rings (SSSR count). The average Bonchev–Trinajstić information content (AvgIpc) is 3.26. The van der Waals surface area contributed by atoms with Crippen LogP contribution in [0.5, 0.6) is 5.75 Å². The molecule has 1 aliphatic heterocycles. The highest BCUT2D eigenvalue weighted by Gasteiger charge is 2.35. The molecule has 0 spiro atoms. The van der Waals surface area contributed by atoms with E-state index in [0.29, 0.717) is 35.4 Å². The lowest BCUT2D eigenvalue weighted by molar-refractivity contribution is 0.00566. The number of anilines is 1. The molecule has 0 unspecified atom stereocenters. The predicted molar refractivity (Wildman–Crippen MR) is 151 cm³/mol. The molecule has 1 fully saturated rings. The van der Waals surface area contributed by atoms with Crippen molar-refractivity contribution in [2.24, 2.45) is 7.05 Å². The Labute approximate surface area is 232 Å². The van der Waals surface area contributed by atoms with Gasteiger partial charge in [-0.05, 0) is 58.9 Å². The quantitative estimate of drug-likeness (QED) is 0.315. The SMILES string of the molecule is COCOc1c(-c2ncc3cc(N4C[C@@H](C)N(C(=O)OC(C)(C)C)[C@H](C)C4)ccc3n2)cc2cn(C)nc2c1F. The van der Waals surface area contributed by atoms with E-state index >= 15 is 4.39 Å². The molecule has 1 amide bonds. The number of carbonyl (C=O) groups is 1. The Kier molecular flexibility index (Phi) is 7.26. The maximum atomic E-state index is 15.4. The molecular formula is C29H35FN6O4. The third-order valence-electron chi connectivity index (χ3n) is 6.82. The standard InChI is InChI=1S/C29H35FN6O4/c1-17-13-35(14-18(2)36(17)28(37)40-29(3,4)5)21-8-9-23-19(10-21)12-31-27(32-23)22-11-20-15-34(6)33-25(20)24(30)26(22)39-16-38-7/h8-12,15,17-18H,13-14,16H2,1-7H3/t17-,18-/m1/s1. The first-order valence-corrected chi connectivity index (χ1v) is 13.3. The van der Waals surface area contributed by atoms with Crippen LogP contribution in [-0.2, 0) is 16.5 Å². The number of hydrogen-bond acceptors (Lipinski definition) is 8. The van der Waals surface area contributed by atoms with Gasteiger partial charge in [0.15, 0.2) is 24.2 Å². The summed E-state index contributed by atoms with van der Waals surface area (Å²) in [4.78, 5) is 26.2. The van der Waals surface area contributed by atoms with Crippen LogP contribution in [0.3, 0.4) is 0 Å². The molecule has 212 valence electrons. The van der Waals surface area contributed by atoms with E-state index in [-0.39, 0.29) is 36.2 Å². The molecule has 0 aliphatic carbocycles. The molecule has 2 aromatic carbocycles. The van der Waals surface area contributed by atoms with E-state index in [4.69, 9.17) is 19.2 Å². The molecule has 1 saturated heterocycles. The van der Waals surface area contributed by atoms with Gasteiger partial charge in [-0.1, -0.05) is 0 Å². The normalized spacial score (nSPS) is 18.0. The summed E-state index contributed by atoms with van der Waals surface area (Å²) in [7, 11) is 3.21. The first kappa shape index (κ1) is 27.6. The number of aromatic nitrogens is 4. The van der Waals surface area contributed by atoms with Crippen molar-refractivity contribution >= 4 is 33.6 Å². The van der Waals surface area contributed by atoms with E-state index in [1.807, 2.05) is 57.7 Å². The van der Waals surface area contributed by atoms with Crippen LogP contribution in [-0.4, -0.2) is 75.4 Å². The zero-order valence-corrected chi connectivity index (χ0v) is 23.9. The zero-order chi connectivity index (χ0) is 28.8. The summed E-state index contributed by atoms with van der Waals surface area (Å²) < 4.78 is 33.2. The van der Waals surface area contributed by atoms with Crippen molar-refractivity contribution in [2.75, 3.05) is 31.9 Å². The molecule has 0 saturated carbocycles. The van der Waals surface area contributed by atoms with E-state index in [2.05, 4.69) is 15.0 Å². The lowest BCUT2D eigenvalue weighted by Crippen LogP contribution is -2.59. The number of piperazine rings is 1. The van der Waals surface area contributed by atoms with Gasteiger partial charge in [-0.3, -0.25) is 9.58 Å². The molecule has 1 aliphatic rings. The molecular weight excluding hydrogens is 515 g/mol. The summed E-state index contributed by atoms with van der Waals surface area (Å²) in [5.74, 6) is -0.253. The number of amides is 1. The minimum atomic E-state index is -0.585. The number of ether oxygens (including phenoxy) is 3. The van der Waals surface area contributed by atoms with Crippen molar-refractivity contribution in [3.05, 3.63) is 42.5 Å². The lowest BCUT2D eigenvalue weighted by Gasteiger charge is -2.45. The maximum absolute atomic E-state index is 15.4. The van der Waals surface area contributed by atoms with Crippen LogP contribution >= 0.6 is 0 Å². The summed E-state index contributed by atoms with van der Waals surface area (Å²) in [6.07, 6.45) is 3.18. The van der Waals surface area contributed by atoms with Crippen molar-refractivity contribution < 1.29 is 23.4 Å². The van der Waals surface area contributed by atoms with Crippen LogP contribution in [0.25, 0.3) is 33.2 Å². The first-order valence-electron chi connectivity index (χ1n) is 13.3. The van der Waals surface area contributed by atoms with E-state index in [9.17, 15) is 4.79 Å². The Hall–Kier alpha value is -3.99. The first-order chi connectivity index (χ1) is 18.9. The number of rotatable bonds is 5. The Morgan fingerprint density at radius 1 is 1.12 bits per heavy atom. The minimum Gasteiger partial charge on any atom is -0.464 e. The molecule has 40 heavy (non-hydrogen) atoms. The summed E-state index contributed by atoms with van der Waals surface area (Å²) in [6, 6.07) is 7.69. The Bertz CT molecular complexity index is 1550. The molecule has 2 atom stereocenters. The number of carbonyl (C=O) groups excluding carboxylic acids is 1. The highest BCUT2D eigenvalue weighted by molar-refractivity contribution is 5.89. The highest BCUT2D eigenvalue weighted by Crippen LogP contribution is 2.36. The fourth-order valence-corrected chi connectivity index (χ4v) is 5.21. The lowest BCUT2D eigenvalue weighted by atomic mass is 10.1.